The first kappa shape index (κ1) is 16.0. The summed E-state index contributed by atoms with van der Waals surface area (Å²) in [7, 11) is 1.74. The highest BCUT2D eigenvalue weighted by Crippen LogP contribution is 2.29. The van der Waals surface area contributed by atoms with Crippen LogP contribution in [0.15, 0.2) is 41.4 Å². The highest BCUT2D eigenvalue weighted by molar-refractivity contribution is 5.95. The van der Waals surface area contributed by atoms with Gasteiger partial charge in [-0.3, -0.25) is 4.79 Å². The average Bonchev–Trinajstić information content (AvgIpc) is 2.43. The molecule has 0 saturated carbocycles. The van der Waals surface area contributed by atoms with Crippen LogP contribution < -0.4 is 5.49 Å². The Kier molecular flexibility index (Phi) is 4.21. The van der Waals surface area contributed by atoms with Gasteiger partial charge in [0.1, 0.15) is 5.49 Å². The predicted octanol–water partition coefficient (Wildman–Crippen LogP) is 3.40. The molecule has 1 aromatic heterocycles. The summed E-state index contributed by atoms with van der Waals surface area (Å²) in [5.41, 5.74) is 1.27. The Hall–Kier alpha value is -2.37. The van der Waals surface area contributed by atoms with Gasteiger partial charge >= 0.3 is 6.18 Å². The van der Waals surface area contributed by atoms with Crippen LogP contribution >= 0.6 is 0 Å². The van der Waals surface area contributed by atoms with E-state index in [1.165, 1.54) is 12.1 Å². The summed E-state index contributed by atoms with van der Waals surface area (Å²) in [6, 6.07) is 7.89. The lowest BCUT2D eigenvalue weighted by atomic mass is 10.1. The molecule has 0 spiro atoms. The minimum atomic E-state index is -4.49. The summed E-state index contributed by atoms with van der Waals surface area (Å²) < 4.78 is 39.8. The summed E-state index contributed by atoms with van der Waals surface area (Å²) in [6.07, 6.45) is -4.49. The second kappa shape index (κ2) is 5.79. The molecule has 22 heavy (non-hydrogen) atoms. The average molecular weight is 308 g/mol. The highest BCUT2D eigenvalue weighted by atomic mass is 19.4. The monoisotopic (exact) mass is 308 g/mol. The maximum atomic E-state index is 12.7. The van der Waals surface area contributed by atoms with E-state index in [2.05, 4.69) is 4.99 Å². The molecule has 1 aromatic carbocycles. The van der Waals surface area contributed by atoms with Crippen molar-refractivity contribution in [3.63, 3.8) is 0 Å². The van der Waals surface area contributed by atoms with E-state index in [4.69, 9.17) is 0 Å². The third-order valence-corrected chi connectivity index (χ3v) is 3.32. The van der Waals surface area contributed by atoms with Crippen LogP contribution in [0.3, 0.4) is 0 Å². The van der Waals surface area contributed by atoms with Crippen molar-refractivity contribution in [1.82, 2.24) is 4.57 Å². The second-order valence-electron chi connectivity index (χ2n) is 5.09. The number of aryl methyl sites for hydroxylation is 2. The Morgan fingerprint density at radius 3 is 2.45 bits per heavy atom. The summed E-state index contributed by atoms with van der Waals surface area (Å²) in [5.74, 6) is -0.702. The van der Waals surface area contributed by atoms with Crippen molar-refractivity contribution in [2.75, 3.05) is 0 Å². The number of rotatable bonds is 1. The maximum absolute atomic E-state index is 12.7. The number of nitrogens with zero attached hydrogens (tertiary/aromatic N) is 2. The predicted molar refractivity (Wildman–Crippen MR) is 76.2 cm³/mol. The number of amides is 1. The molecule has 2 rings (SSSR count). The van der Waals surface area contributed by atoms with E-state index >= 15 is 0 Å². The molecule has 0 atom stereocenters. The van der Waals surface area contributed by atoms with E-state index in [0.717, 1.165) is 23.4 Å². The van der Waals surface area contributed by atoms with E-state index in [9.17, 15) is 18.0 Å². The third kappa shape index (κ3) is 3.44. The number of aromatic nitrogens is 1. The van der Waals surface area contributed by atoms with E-state index in [-0.39, 0.29) is 5.56 Å². The second-order valence-corrected chi connectivity index (χ2v) is 5.09. The zero-order chi connectivity index (χ0) is 16.5. The van der Waals surface area contributed by atoms with Crippen molar-refractivity contribution < 1.29 is 18.0 Å². The van der Waals surface area contributed by atoms with Crippen LogP contribution in [0.4, 0.5) is 13.2 Å². The van der Waals surface area contributed by atoms with Crippen LogP contribution in [0.5, 0.6) is 0 Å². The first-order valence-corrected chi connectivity index (χ1v) is 6.59. The normalized spacial score (nSPS) is 12.5. The number of hydrogen-bond acceptors (Lipinski definition) is 1. The number of carbonyl (C=O) groups excluding carboxylic acids is 1. The van der Waals surface area contributed by atoms with Crippen LogP contribution in [0, 0.1) is 13.8 Å². The van der Waals surface area contributed by atoms with Crippen molar-refractivity contribution >= 4 is 5.91 Å². The molecule has 3 nitrogen and oxygen atoms in total. The number of benzene rings is 1. The molecule has 0 unspecified atom stereocenters. The largest absolute Gasteiger partial charge is 0.416 e. The Balaban J connectivity index is 2.48. The Labute approximate surface area is 125 Å². The molecule has 0 N–H and O–H groups in total. The van der Waals surface area contributed by atoms with Gasteiger partial charge in [0.25, 0.3) is 5.91 Å². The minimum absolute atomic E-state index is 0.0889. The Morgan fingerprint density at radius 1 is 1.14 bits per heavy atom. The molecule has 0 aliphatic heterocycles. The minimum Gasteiger partial charge on any atom is -0.333 e. The molecule has 1 amide bonds. The molecule has 0 fully saturated rings. The van der Waals surface area contributed by atoms with Crippen LogP contribution in [0.1, 0.15) is 27.2 Å². The van der Waals surface area contributed by atoms with Gasteiger partial charge in [0.2, 0.25) is 0 Å². The summed E-state index contributed by atoms with van der Waals surface area (Å²) in [6.45, 7) is 3.72. The lowest BCUT2D eigenvalue weighted by Gasteiger charge is -2.08. The Bertz CT molecular complexity index is 789. The molecule has 0 radical (unpaired) electrons. The van der Waals surface area contributed by atoms with Crippen LogP contribution in [-0.2, 0) is 13.2 Å². The van der Waals surface area contributed by atoms with E-state index < -0.39 is 17.6 Å². The first-order chi connectivity index (χ1) is 10.2. The molecular formula is C16H15F3N2O. The molecule has 0 bridgehead atoms. The van der Waals surface area contributed by atoms with Crippen molar-refractivity contribution in [1.29, 1.82) is 0 Å². The van der Waals surface area contributed by atoms with E-state index in [1.807, 2.05) is 19.9 Å². The summed E-state index contributed by atoms with van der Waals surface area (Å²) in [5, 5.41) is 0. The van der Waals surface area contributed by atoms with Gasteiger partial charge in [0.15, 0.2) is 0 Å². The smallest absolute Gasteiger partial charge is 0.333 e. The molecule has 6 heteroatoms. The number of pyridine rings is 1. The van der Waals surface area contributed by atoms with Gasteiger partial charge in [-0.05, 0) is 49.7 Å². The number of alkyl halides is 3. The van der Waals surface area contributed by atoms with Gasteiger partial charge in [0, 0.05) is 18.3 Å². The topological polar surface area (TPSA) is 34.4 Å². The van der Waals surface area contributed by atoms with Crippen molar-refractivity contribution in [2.45, 2.75) is 20.0 Å². The molecular weight excluding hydrogens is 293 g/mol. The van der Waals surface area contributed by atoms with Gasteiger partial charge in [-0.2, -0.15) is 18.2 Å². The fourth-order valence-corrected chi connectivity index (χ4v) is 2.05. The maximum Gasteiger partial charge on any atom is 0.416 e. The van der Waals surface area contributed by atoms with Gasteiger partial charge in [0.05, 0.1) is 5.56 Å². The molecule has 0 aliphatic carbocycles. The third-order valence-electron chi connectivity index (χ3n) is 3.32. The van der Waals surface area contributed by atoms with Gasteiger partial charge in [-0.25, -0.2) is 0 Å². The Morgan fingerprint density at radius 2 is 1.82 bits per heavy atom. The molecule has 116 valence electrons. The zero-order valence-corrected chi connectivity index (χ0v) is 12.4. The van der Waals surface area contributed by atoms with Crippen LogP contribution in [0.25, 0.3) is 0 Å². The summed E-state index contributed by atoms with van der Waals surface area (Å²) in [4.78, 5) is 16.1. The van der Waals surface area contributed by atoms with Gasteiger partial charge in [-0.15, -0.1) is 0 Å². The highest BCUT2D eigenvalue weighted by Gasteiger charge is 2.30. The SMILES string of the molecule is Cc1cc(C)n(C)c(=NC(=O)c2cccc(C(F)(F)F)c2)c1. The number of hydrogen-bond donors (Lipinski definition) is 0. The number of carbonyl (C=O) groups is 1. The fourth-order valence-electron chi connectivity index (χ4n) is 2.05. The molecule has 2 aromatic rings. The molecule has 0 aliphatic rings. The quantitative estimate of drug-likeness (QED) is 0.795. The standard InChI is InChI=1S/C16H15F3N2O/c1-10-7-11(2)21(3)14(8-10)20-15(22)12-5-4-6-13(9-12)16(17,18)19/h4-9H,1-3H3. The van der Waals surface area contributed by atoms with Gasteiger partial charge < -0.3 is 4.57 Å². The lowest BCUT2D eigenvalue weighted by Crippen LogP contribution is -2.22. The van der Waals surface area contributed by atoms with Crippen molar-refractivity contribution in [2.24, 2.45) is 12.0 Å². The van der Waals surface area contributed by atoms with Crippen molar-refractivity contribution in [3.05, 3.63) is 64.3 Å². The van der Waals surface area contributed by atoms with Crippen LogP contribution in [0.2, 0.25) is 0 Å². The lowest BCUT2D eigenvalue weighted by molar-refractivity contribution is -0.137. The zero-order valence-electron chi connectivity index (χ0n) is 12.4. The molecule has 1 heterocycles. The summed E-state index contributed by atoms with van der Waals surface area (Å²) >= 11 is 0. The fraction of sp³-hybridized carbons (Fsp3) is 0.250. The van der Waals surface area contributed by atoms with Crippen LogP contribution in [-0.4, -0.2) is 10.5 Å². The van der Waals surface area contributed by atoms with E-state index in [0.29, 0.717) is 5.49 Å². The van der Waals surface area contributed by atoms with E-state index in [1.54, 1.807) is 17.7 Å². The van der Waals surface area contributed by atoms with Crippen molar-refractivity contribution in [3.8, 4) is 0 Å². The first-order valence-electron chi connectivity index (χ1n) is 6.59. The molecule has 0 saturated heterocycles. The van der Waals surface area contributed by atoms with Gasteiger partial charge in [-0.1, -0.05) is 6.07 Å². The number of halogens is 3.